The van der Waals surface area contributed by atoms with Crippen LogP contribution in [0.1, 0.15) is 13.8 Å². The Morgan fingerprint density at radius 1 is 1.17 bits per heavy atom. The molecule has 3 rings (SSSR count). The fourth-order valence-electron chi connectivity index (χ4n) is 2.21. The number of hydrogen-bond acceptors (Lipinski definition) is 3. The van der Waals surface area contributed by atoms with Crippen molar-refractivity contribution in [1.29, 1.82) is 0 Å². The summed E-state index contributed by atoms with van der Waals surface area (Å²) in [6, 6.07) is 13.3. The molecule has 1 aromatic heterocycles. The number of hydrogen-bond donors (Lipinski definition) is 2. The van der Waals surface area contributed by atoms with Crippen LogP contribution in [0.15, 0.2) is 42.5 Å². The van der Waals surface area contributed by atoms with Gasteiger partial charge in [-0.15, -0.1) is 0 Å². The molecular weight excluding hydrogens is 334 g/mol. The van der Waals surface area contributed by atoms with Gasteiger partial charge in [0.25, 0.3) is 0 Å². The molecule has 0 radical (unpaired) electrons. The van der Waals surface area contributed by atoms with Crippen molar-refractivity contribution in [1.82, 2.24) is 10.2 Å². The summed E-state index contributed by atoms with van der Waals surface area (Å²) in [6.45, 7) is 3.23. The van der Waals surface area contributed by atoms with Gasteiger partial charge in [-0.1, -0.05) is 41.9 Å². The van der Waals surface area contributed by atoms with Crippen LogP contribution in [-0.2, 0) is 10.0 Å². The van der Waals surface area contributed by atoms with Gasteiger partial charge in [0.1, 0.15) is 0 Å². The number of aromatic nitrogens is 2. The maximum atomic E-state index is 12.1. The van der Waals surface area contributed by atoms with E-state index in [1.807, 2.05) is 36.4 Å². The van der Waals surface area contributed by atoms with E-state index < -0.39 is 15.3 Å². The number of rotatable bonds is 4. The highest BCUT2D eigenvalue weighted by molar-refractivity contribution is 7.93. The summed E-state index contributed by atoms with van der Waals surface area (Å²) in [5.41, 5.74) is 2.46. The molecule has 2 aromatic carbocycles. The predicted octanol–water partition coefficient (Wildman–Crippen LogP) is 4.03. The van der Waals surface area contributed by atoms with Crippen LogP contribution >= 0.6 is 11.6 Å². The quantitative estimate of drug-likeness (QED) is 0.746. The average Bonchev–Trinajstić information content (AvgIpc) is 2.88. The fraction of sp³-hybridized carbons (Fsp3) is 0.188. The highest BCUT2D eigenvalue weighted by Gasteiger charge is 2.19. The predicted molar refractivity (Wildman–Crippen MR) is 94.2 cm³/mol. The normalized spacial score (nSPS) is 12.0. The van der Waals surface area contributed by atoms with Gasteiger partial charge in [-0.3, -0.25) is 9.82 Å². The number of benzene rings is 2. The molecule has 0 saturated heterocycles. The van der Waals surface area contributed by atoms with Gasteiger partial charge >= 0.3 is 0 Å². The molecule has 23 heavy (non-hydrogen) atoms. The summed E-state index contributed by atoms with van der Waals surface area (Å²) in [4.78, 5) is 0. The Kier molecular flexibility index (Phi) is 4.04. The van der Waals surface area contributed by atoms with Crippen molar-refractivity contribution < 1.29 is 8.42 Å². The van der Waals surface area contributed by atoms with Crippen LogP contribution in [-0.4, -0.2) is 23.9 Å². The van der Waals surface area contributed by atoms with Gasteiger partial charge < -0.3 is 0 Å². The molecule has 0 aliphatic carbocycles. The van der Waals surface area contributed by atoms with Crippen molar-refractivity contribution in [2.75, 3.05) is 4.72 Å². The Morgan fingerprint density at radius 2 is 1.87 bits per heavy atom. The van der Waals surface area contributed by atoms with Gasteiger partial charge in [0.15, 0.2) is 5.82 Å². The van der Waals surface area contributed by atoms with Crippen molar-refractivity contribution >= 4 is 38.3 Å². The largest absolute Gasteiger partial charge is 0.276 e. The maximum absolute atomic E-state index is 12.1. The smallest absolute Gasteiger partial charge is 0.236 e. The van der Waals surface area contributed by atoms with E-state index in [4.69, 9.17) is 11.6 Å². The van der Waals surface area contributed by atoms with E-state index in [-0.39, 0.29) is 5.82 Å². The second kappa shape index (κ2) is 5.86. The molecule has 5 nitrogen and oxygen atoms in total. The van der Waals surface area contributed by atoms with Gasteiger partial charge in [-0.25, -0.2) is 8.42 Å². The molecule has 0 saturated carbocycles. The standard InChI is InChI=1S/C16H16ClN3O2S/c1-10(2)23(21,22)20-16-13-8-12(11-6-4-3-5-7-11)14(17)9-15(13)18-19-16/h3-10H,1-2H3,(H2,18,19,20). The summed E-state index contributed by atoms with van der Waals surface area (Å²) in [5.74, 6) is 0.280. The van der Waals surface area contributed by atoms with E-state index in [0.717, 1.165) is 11.1 Å². The van der Waals surface area contributed by atoms with Gasteiger partial charge in [0.2, 0.25) is 10.0 Å². The minimum Gasteiger partial charge on any atom is -0.276 e. The molecule has 0 atom stereocenters. The van der Waals surface area contributed by atoms with Crippen molar-refractivity contribution in [3.8, 4) is 11.1 Å². The molecule has 0 fully saturated rings. The molecule has 0 bridgehead atoms. The Hall–Kier alpha value is -2.05. The molecule has 7 heteroatoms. The van der Waals surface area contributed by atoms with Crippen molar-refractivity contribution in [3.63, 3.8) is 0 Å². The van der Waals surface area contributed by atoms with Crippen LogP contribution in [0.4, 0.5) is 5.82 Å². The lowest BCUT2D eigenvalue weighted by atomic mass is 10.0. The van der Waals surface area contributed by atoms with Crippen LogP contribution in [0.3, 0.4) is 0 Å². The summed E-state index contributed by atoms with van der Waals surface area (Å²) < 4.78 is 26.7. The Bertz CT molecular complexity index is 950. The third kappa shape index (κ3) is 3.04. The zero-order valence-electron chi connectivity index (χ0n) is 12.7. The number of halogens is 1. The van der Waals surface area contributed by atoms with E-state index in [2.05, 4.69) is 14.9 Å². The molecule has 3 aromatic rings. The van der Waals surface area contributed by atoms with Crippen molar-refractivity contribution in [2.24, 2.45) is 0 Å². The maximum Gasteiger partial charge on any atom is 0.236 e. The van der Waals surface area contributed by atoms with Crippen LogP contribution in [0.25, 0.3) is 22.0 Å². The summed E-state index contributed by atoms with van der Waals surface area (Å²) in [7, 11) is -3.47. The third-order valence-electron chi connectivity index (χ3n) is 3.59. The van der Waals surface area contributed by atoms with Gasteiger partial charge in [-0.2, -0.15) is 5.10 Å². The minimum atomic E-state index is -3.47. The van der Waals surface area contributed by atoms with E-state index in [1.165, 1.54) is 0 Å². The SMILES string of the molecule is CC(C)S(=O)(=O)Nc1n[nH]c2cc(Cl)c(-c3ccccc3)cc12. The number of sulfonamides is 1. The zero-order chi connectivity index (χ0) is 16.6. The molecule has 2 N–H and O–H groups in total. The fourth-order valence-corrected chi connectivity index (χ4v) is 3.14. The molecule has 0 amide bonds. The first-order chi connectivity index (χ1) is 10.9. The van der Waals surface area contributed by atoms with E-state index in [1.54, 1.807) is 19.9 Å². The molecule has 0 aliphatic heterocycles. The number of fused-ring (bicyclic) bond motifs is 1. The van der Waals surface area contributed by atoms with E-state index >= 15 is 0 Å². The van der Waals surface area contributed by atoms with Crippen LogP contribution in [0, 0.1) is 0 Å². The molecule has 0 spiro atoms. The number of H-pyrrole nitrogens is 1. The van der Waals surface area contributed by atoms with Gasteiger partial charge in [0, 0.05) is 10.9 Å². The summed E-state index contributed by atoms with van der Waals surface area (Å²) in [6.07, 6.45) is 0. The topological polar surface area (TPSA) is 74.8 Å². The highest BCUT2D eigenvalue weighted by atomic mass is 35.5. The van der Waals surface area contributed by atoms with Crippen molar-refractivity contribution in [2.45, 2.75) is 19.1 Å². The molecular formula is C16H16ClN3O2S. The number of aromatic amines is 1. The van der Waals surface area contributed by atoms with Gasteiger partial charge in [0.05, 0.1) is 15.8 Å². The molecule has 0 aliphatic rings. The summed E-state index contributed by atoms with van der Waals surface area (Å²) in [5, 5.41) is 7.58. The van der Waals surface area contributed by atoms with Crippen LogP contribution in [0.2, 0.25) is 5.02 Å². The number of nitrogens with one attached hydrogen (secondary N) is 2. The lowest BCUT2D eigenvalue weighted by Gasteiger charge is -2.09. The van der Waals surface area contributed by atoms with Crippen LogP contribution < -0.4 is 4.72 Å². The van der Waals surface area contributed by atoms with E-state index in [9.17, 15) is 8.42 Å². The third-order valence-corrected chi connectivity index (χ3v) is 5.63. The summed E-state index contributed by atoms with van der Waals surface area (Å²) >= 11 is 6.34. The zero-order valence-corrected chi connectivity index (χ0v) is 14.2. The first kappa shape index (κ1) is 15.8. The lowest BCUT2D eigenvalue weighted by molar-refractivity contribution is 0.592. The average molecular weight is 350 g/mol. The number of anilines is 1. The Labute approximate surface area is 139 Å². The second-order valence-electron chi connectivity index (χ2n) is 5.51. The minimum absolute atomic E-state index is 0.280. The Morgan fingerprint density at radius 3 is 2.52 bits per heavy atom. The first-order valence-corrected chi connectivity index (χ1v) is 9.05. The van der Waals surface area contributed by atoms with Crippen molar-refractivity contribution in [3.05, 3.63) is 47.5 Å². The molecule has 0 unspecified atom stereocenters. The molecule has 1 heterocycles. The second-order valence-corrected chi connectivity index (χ2v) is 8.16. The van der Waals surface area contributed by atoms with Gasteiger partial charge in [-0.05, 0) is 31.5 Å². The van der Waals surface area contributed by atoms with E-state index in [0.29, 0.717) is 15.9 Å². The molecule has 120 valence electrons. The Balaban J connectivity index is 2.13. The van der Waals surface area contributed by atoms with Crippen LogP contribution in [0.5, 0.6) is 0 Å². The lowest BCUT2D eigenvalue weighted by Crippen LogP contribution is -2.22. The monoisotopic (exact) mass is 349 g/mol. The highest BCUT2D eigenvalue weighted by Crippen LogP contribution is 2.34. The first-order valence-electron chi connectivity index (χ1n) is 7.13. The number of nitrogens with zero attached hydrogens (tertiary/aromatic N) is 1.